The Morgan fingerprint density at radius 3 is 2.58 bits per heavy atom. The van der Waals surface area contributed by atoms with Crippen LogP contribution in [0, 0.1) is 0 Å². The summed E-state index contributed by atoms with van der Waals surface area (Å²) in [5, 5.41) is 0.249. The second-order valence-corrected chi connectivity index (χ2v) is 7.25. The van der Waals surface area contributed by atoms with Gasteiger partial charge in [-0.05, 0) is 31.0 Å². The van der Waals surface area contributed by atoms with Crippen LogP contribution in [-0.4, -0.2) is 28.8 Å². The molecule has 0 saturated heterocycles. The number of H-pyrrole nitrogens is 1. The lowest BCUT2D eigenvalue weighted by Crippen LogP contribution is -2.41. The normalized spacial score (nSPS) is 12.7. The van der Waals surface area contributed by atoms with Crippen LogP contribution >= 0.6 is 0 Å². The summed E-state index contributed by atoms with van der Waals surface area (Å²) in [6.45, 7) is 4.74. The van der Waals surface area contributed by atoms with E-state index in [0.717, 1.165) is 4.57 Å². The molecule has 9 heteroatoms. The van der Waals surface area contributed by atoms with Crippen molar-refractivity contribution >= 4 is 17.0 Å². The molecule has 0 saturated carbocycles. The number of nitrogens with one attached hydrogen (secondary N) is 1. The van der Waals surface area contributed by atoms with Crippen molar-refractivity contribution in [1.82, 2.24) is 9.13 Å². The van der Waals surface area contributed by atoms with Crippen LogP contribution in [0.1, 0.15) is 36.3 Å². The third-order valence-corrected chi connectivity index (χ3v) is 5.37. The highest BCUT2D eigenvalue weighted by Gasteiger charge is 2.35. The van der Waals surface area contributed by atoms with Gasteiger partial charge in [0.05, 0.1) is 20.3 Å². The van der Waals surface area contributed by atoms with Gasteiger partial charge in [-0.25, -0.2) is 19.1 Å². The number of aryl methyl sites for hydroxylation is 1. The quantitative estimate of drug-likeness (QED) is 0.556. The summed E-state index contributed by atoms with van der Waals surface area (Å²) in [6.07, 6.45) is 0.694. The molecule has 1 aliphatic rings. The van der Waals surface area contributed by atoms with Crippen LogP contribution in [-0.2, 0) is 24.9 Å². The van der Waals surface area contributed by atoms with Gasteiger partial charge in [-0.3, -0.25) is 4.79 Å². The van der Waals surface area contributed by atoms with Gasteiger partial charge in [-0.1, -0.05) is 13.0 Å². The predicted octanol–water partition coefficient (Wildman–Crippen LogP) is 1.67. The maximum absolute atomic E-state index is 13.3. The first-order chi connectivity index (χ1) is 14.9. The Morgan fingerprint density at radius 2 is 1.90 bits per heavy atom. The molecule has 31 heavy (non-hydrogen) atoms. The molecule has 0 radical (unpaired) electrons. The largest absolute Gasteiger partial charge is 0.493 e. The highest BCUT2D eigenvalue weighted by molar-refractivity contribution is 6.07. The van der Waals surface area contributed by atoms with E-state index in [1.54, 1.807) is 18.2 Å². The predicted molar refractivity (Wildman–Crippen MR) is 113 cm³/mol. The van der Waals surface area contributed by atoms with Gasteiger partial charge in [0, 0.05) is 12.6 Å². The van der Waals surface area contributed by atoms with E-state index in [1.165, 1.54) is 18.7 Å². The standard InChI is InChI=1S/C22H23N3O6/c1-5-9-25-19-18(20(26)24(3)22(25)28)16(17-13(23-19)11-31-21(17)27)12-7-8-14(30-6-2)15(10-12)29-4/h7-8,10H,5-6,9,11H2,1-4H3/p+1. The third kappa shape index (κ3) is 3.17. The van der Waals surface area contributed by atoms with E-state index < -0.39 is 17.2 Å². The number of methoxy groups -OCH3 is 1. The van der Waals surface area contributed by atoms with E-state index in [-0.39, 0.29) is 17.6 Å². The molecule has 3 aromatic rings. The molecule has 1 aromatic carbocycles. The van der Waals surface area contributed by atoms with Crippen molar-refractivity contribution in [1.29, 1.82) is 0 Å². The molecule has 0 unspecified atom stereocenters. The third-order valence-electron chi connectivity index (χ3n) is 5.37. The molecule has 0 amide bonds. The van der Waals surface area contributed by atoms with E-state index >= 15 is 0 Å². The van der Waals surface area contributed by atoms with Gasteiger partial charge in [-0.15, -0.1) is 0 Å². The summed E-state index contributed by atoms with van der Waals surface area (Å²) in [4.78, 5) is 41.8. The number of carbonyl (C=O) groups excluding carboxylic acids is 1. The average molecular weight is 426 g/mol. The van der Waals surface area contributed by atoms with Gasteiger partial charge >= 0.3 is 11.7 Å². The molecule has 162 valence electrons. The second-order valence-electron chi connectivity index (χ2n) is 7.25. The number of rotatable bonds is 6. The van der Waals surface area contributed by atoms with E-state index in [1.807, 2.05) is 13.8 Å². The number of pyridine rings is 1. The lowest BCUT2D eigenvalue weighted by molar-refractivity contribution is -0.365. The molecule has 3 heterocycles. The monoisotopic (exact) mass is 426 g/mol. The molecule has 0 spiro atoms. The number of aromatic nitrogens is 3. The lowest BCUT2D eigenvalue weighted by Gasteiger charge is -2.14. The lowest BCUT2D eigenvalue weighted by atomic mass is 9.96. The van der Waals surface area contributed by atoms with Crippen LogP contribution in [0.3, 0.4) is 0 Å². The van der Waals surface area contributed by atoms with Crippen molar-refractivity contribution in [2.75, 3.05) is 13.7 Å². The van der Waals surface area contributed by atoms with Crippen LogP contribution in [0.5, 0.6) is 11.5 Å². The molecule has 0 aliphatic carbocycles. The summed E-state index contributed by atoms with van der Waals surface area (Å²) in [6, 6.07) is 5.22. The number of nitrogens with zero attached hydrogens (tertiary/aromatic N) is 2. The Balaban J connectivity index is 2.17. The highest BCUT2D eigenvalue weighted by atomic mass is 16.5. The fraction of sp³-hybridized carbons (Fsp3) is 0.364. The van der Waals surface area contributed by atoms with Crippen molar-refractivity contribution in [3.05, 3.63) is 50.3 Å². The minimum Gasteiger partial charge on any atom is -0.493 e. The zero-order valence-corrected chi connectivity index (χ0v) is 17.9. The Hall–Kier alpha value is -3.62. The fourth-order valence-corrected chi connectivity index (χ4v) is 3.97. The van der Waals surface area contributed by atoms with Crippen molar-refractivity contribution in [2.45, 2.75) is 33.4 Å². The minimum absolute atomic E-state index is 0.0425. The molecule has 9 nitrogen and oxygen atoms in total. The number of benzene rings is 1. The van der Waals surface area contributed by atoms with Crippen molar-refractivity contribution in [3.63, 3.8) is 0 Å². The van der Waals surface area contributed by atoms with Gasteiger partial charge in [-0.2, -0.15) is 4.57 Å². The van der Waals surface area contributed by atoms with E-state index in [2.05, 4.69) is 4.98 Å². The van der Waals surface area contributed by atoms with E-state index in [0.29, 0.717) is 53.5 Å². The van der Waals surface area contributed by atoms with Gasteiger partial charge in [0.15, 0.2) is 23.8 Å². The van der Waals surface area contributed by atoms with Gasteiger partial charge in [0.25, 0.3) is 11.2 Å². The number of aromatic amines is 1. The van der Waals surface area contributed by atoms with Crippen LogP contribution in [0.4, 0.5) is 0 Å². The zero-order valence-electron chi connectivity index (χ0n) is 17.9. The van der Waals surface area contributed by atoms with Crippen LogP contribution < -0.4 is 25.7 Å². The maximum atomic E-state index is 13.3. The van der Waals surface area contributed by atoms with Gasteiger partial charge < -0.3 is 14.2 Å². The van der Waals surface area contributed by atoms with Gasteiger partial charge in [0.1, 0.15) is 10.9 Å². The molecule has 1 aliphatic heterocycles. The summed E-state index contributed by atoms with van der Waals surface area (Å²) in [7, 11) is 2.96. The average Bonchev–Trinajstić information content (AvgIpc) is 3.14. The first-order valence-corrected chi connectivity index (χ1v) is 10.1. The molecule has 0 fully saturated rings. The molecular formula is C22H24N3O6+. The number of esters is 1. The summed E-state index contributed by atoms with van der Waals surface area (Å²) < 4.78 is 18.9. The molecule has 2 aromatic heterocycles. The molecule has 0 atom stereocenters. The number of cyclic esters (lactones) is 1. The number of hydrogen-bond acceptors (Lipinski definition) is 6. The Kier molecular flexibility index (Phi) is 5.26. The Labute approximate surface area is 177 Å². The second kappa shape index (κ2) is 7.90. The summed E-state index contributed by atoms with van der Waals surface area (Å²) >= 11 is 0. The molecular weight excluding hydrogens is 402 g/mol. The molecule has 1 N–H and O–H groups in total. The zero-order chi connectivity index (χ0) is 22.3. The first kappa shape index (κ1) is 20.6. The molecule has 4 rings (SSSR count). The number of hydrogen-bond donors (Lipinski definition) is 0. The first-order valence-electron chi connectivity index (χ1n) is 10.1. The Bertz CT molecular complexity index is 1320. The topological polar surface area (TPSA) is 103 Å². The maximum Gasteiger partial charge on any atom is 0.418 e. The number of ether oxygens (including phenoxy) is 3. The summed E-state index contributed by atoms with van der Waals surface area (Å²) in [5.41, 5.74) is 1.28. The van der Waals surface area contributed by atoms with Crippen LogP contribution in [0.25, 0.3) is 22.2 Å². The van der Waals surface area contributed by atoms with E-state index in [4.69, 9.17) is 14.2 Å². The van der Waals surface area contributed by atoms with Crippen molar-refractivity contribution < 1.29 is 24.0 Å². The minimum atomic E-state index is -0.522. The van der Waals surface area contributed by atoms with Crippen molar-refractivity contribution in [2.24, 2.45) is 7.05 Å². The SMILES string of the molecule is CCCn1c(=O)n(C)c(=O)c2c(-c3ccc(OCC)c(OC)c3)c3c([nH+]c21)COC3=O. The number of fused-ring (bicyclic) bond motifs is 2. The fourth-order valence-electron chi connectivity index (χ4n) is 3.97. The number of carbonyl (C=O) groups is 1. The van der Waals surface area contributed by atoms with Crippen molar-refractivity contribution in [3.8, 4) is 22.6 Å². The van der Waals surface area contributed by atoms with Crippen LogP contribution in [0.15, 0.2) is 27.8 Å². The smallest absolute Gasteiger partial charge is 0.418 e. The Morgan fingerprint density at radius 1 is 1.13 bits per heavy atom. The van der Waals surface area contributed by atoms with Gasteiger partial charge in [0.2, 0.25) is 0 Å². The summed E-state index contributed by atoms with van der Waals surface area (Å²) in [5.74, 6) is 0.501. The molecule has 0 bridgehead atoms. The van der Waals surface area contributed by atoms with E-state index in [9.17, 15) is 14.4 Å². The van der Waals surface area contributed by atoms with Crippen LogP contribution in [0.2, 0.25) is 0 Å². The highest BCUT2D eigenvalue weighted by Crippen LogP contribution is 2.38.